The number of rotatable bonds is 2. The van der Waals surface area contributed by atoms with E-state index in [2.05, 4.69) is 72.6 Å². The molecule has 4 aromatic heterocycles. The van der Waals surface area contributed by atoms with Crippen molar-refractivity contribution in [3.05, 3.63) is 84.2 Å². The summed E-state index contributed by atoms with van der Waals surface area (Å²) in [5.41, 5.74) is 6.92. The van der Waals surface area contributed by atoms with Crippen molar-refractivity contribution < 1.29 is 4.42 Å². The van der Waals surface area contributed by atoms with Gasteiger partial charge in [-0.15, -0.1) is 11.3 Å². The van der Waals surface area contributed by atoms with Gasteiger partial charge in [0, 0.05) is 43.2 Å². The van der Waals surface area contributed by atoms with Crippen LogP contribution < -0.4 is 0 Å². The Morgan fingerprint density at radius 3 is 2.57 bits per heavy atom. The van der Waals surface area contributed by atoms with Crippen LogP contribution in [0, 0.1) is 13.8 Å². The molecule has 2 aromatic carbocycles. The van der Waals surface area contributed by atoms with Crippen molar-refractivity contribution in [1.29, 1.82) is 0 Å². The number of pyridine rings is 2. The van der Waals surface area contributed by atoms with E-state index < -0.39 is 0 Å². The molecule has 0 aliphatic carbocycles. The number of thiophene rings is 1. The van der Waals surface area contributed by atoms with Crippen molar-refractivity contribution in [2.45, 2.75) is 13.8 Å². The van der Waals surface area contributed by atoms with Crippen LogP contribution in [0.15, 0.2) is 77.3 Å². The number of aromatic nitrogens is 2. The lowest BCUT2D eigenvalue weighted by Crippen LogP contribution is -1.84. The van der Waals surface area contributed by atoms with Gasteiger partial charge in [-0.2, -0.15) is 0 Å². The molecule has 0 saturated heterocycles. The smallest absolute Gasteiger partial charge is 0.227 e. The van der Waals surface area contributed by atoms with Crippen molar-refractivity contribution in [2.24, 2.45) is 0 Å². The van der Waals surface area contributed by atoms with Gasteiger partial charge in [0.1, 0.15) is 5.58 Å². The number of furan rings is 1. The van der Waals surface area contributed by atoms with E-state index >= 15 is 0 Å². The van der Waals surface area contributed by atoms with Crippen LogP contribution in [0.3, 0.4) is 0 Å². The Morgan fingerprint density at radius 1 is 0.833 bits per heavy atom. The first kappa shape index (κ1) is 17.4. The van der Waals surface area contributed by atoms with E-state index in [1.807, 2.05) is 30.5 Å². The van der Waals surface area contributed by atoms with E-state index in [0.717, 1.165) is 33.3 Å². The van der Waals surface area contributed by atoms with Crippen LogP contribution in [0.4, 0.5) is 0 Å². The Morgan fingerprint density at radius 2 is 1.70 bits per heavy atom. The molecule has 0 bridgehead atoms. The summed E-state index contributed by atoms with van der Waals surface area (Å²) in [4.78, 5) is 10.7. The third kappa shape index (κ3) is 2.57. The summed E-state index contributed by atoms with van der Waals surface area (Å²) in [6.07, 6.45) is 1.99. The number of fused-ring (bicyclic) bond motifs is 4. The lowest BCUT2D eigenvalue weighted by atomic mass is 10.1. The fourth-order valence-corrected chi connectivity index (χ4v) is 5.32. The summed E-state index contributed by atoms with van der Waals surface area (Å²) in [5.74, 6) is 0. The summed E-state index contributed by atoms with van der Waals surface area (Å²) < 4.78 is 7.42. The molecule has 0 saturated carbocycles. The third-order valence-electron chi connectivity index (χ3n) is 5.64. The largest absolute Gasteiger partial charge is 0.437 e. The number of benzene rings is 2. The van der Waals surface area contributed by atoms with Gasteiger partial charge in [0.05, 0.1) is 5.69 Å². The standard InChI is InChI=1S/C26H18N2OS/c1-15-11-12-19-18-9-6-10-20(24(18)29-26(19)28-15)22-13-23-21(14-27-22)16(2)25(30-23)17-7-4-3-5-8-17/h3-14H,1-2H3. The van der Waals surface area contributed by atoms with Crippen LogP contribution in [-0.4, -0.2) is 9.97 Å². The molecule has 4 heterocycles. The predicted octanol–water partition coefficient (Wildman–Crippen LogP) is 7.54. The Bertz CT molecular complexity index is 1560. The number of aryl methyl sites for hydroxylation is 2. The molecule has 30 heavy (non-hydrogen) atoms. The molecule has 0 fully saturated rings. The zero-order valence-electron chi connectivity index (χ0n) is 16.6. The van der Waals surface area contributed by atoms with Crippen LogP contribution in [0.1, 0.15) is 11.3 Å². The van der Waals surface area contributed by atoms with E-state index in [1.165, 1.54) is 26.1 Å². The van der Waals surface area contributed by atoms with Gasteiger partial charge in [-0.05, 0) is 49.2 Å². The molecular weight excluding hydrogens is 388 g/mol. The Labute approximate surface area is 177 Å². The number of hydrogen-bond acceptors (Lipinski definition) is 4. The second kappa shape index (κ2) is 6.51. The fraction of sp³-hybridized carbons (Fsp3) is 0.0769. The average molecular weight is 407 g/mol. The highest BCUT2D eigenvalue weighted by Gasteiger charge is 2.16. The molecule has 0 atom stereocenters. The van der Waals surface area contributed by atoms with Crippen molar-refractivity contribution in [1.82, 2.24) is 9.97 Å². The fourth-order valence-electron chi connectivity index (χ4n) is 4.10. The van der Waals surface area contributed by atoms with Gasteiger partial charge in [0.2, 0.25) is 5.71 Å². The quantitative estimate of drug-likeness (QED) is 0.298. The zero-order chi connectivity index (χ0) is 20.2. The van der Waals surface area contributed by atoms with Gasteiger partial charge in [-0.25, -0.2) is 4.98 Å². The maximum Gasteiger partial charge on any atom is 0.227 e. The minimum atomic E-state index is 0.678. The minimum Gasteiger partial charge on any atom is -0.437 e. The maximum absolute atomic E-state index is 6.18. The number of nitrogens with zero attached hydrogens (tertiary/aromatic N) is 2. The van der Waals surface area contributed by atoms with E-state index in [0.29, 0.717) is 5.71 Å². The summed E-state index contributed by atoms with van der Waals surface area (Å²) in [5, 5.41) is 3.32. The summed E-state index contributed by atoms with van der Waals surface area (Å²) in [6.45, 7) is 4.16. The average Bonchev–Trinajstić information content (AvgIpc) is 3.31. The second-order valence-electron chi connectivity index (χ2n) is 7.58. The van der Waals surface area contributed by atoms with Crippen LogP contribution in [0.2, 0.25) is 0 Å². The molecule has 6 rings (SSSR count). The molecule has 0 N–H and O–H groups in total. The summed E-state index contributed by atoms with van der Waals surface area (Å²) in [6, 6.07) is 23.1. The SMILES string of the molecule is Cc1ccc2c(n1)oc1c(-c3cc4sc(-c5ccccc5)c(C)c4cn3)cccc12. The molecule has 0 spiro atoms. The summed E-state index contributed by atoms with van der Waals surface area (Å²) >= 11 is 1.82. The van der Waals surface area contributed by atoms with Crippen molar-refractivity contribution in [2.75, 3.05) is 0 Å². The molecule has 6 aromatic rings. The van der Waals surface area contributed by atoms with Crippen LogP contribution >= 0.6 is 11.3 Å². The maximum atomic E-state index is 6.18. The predicted molar refractivity (Wildman–Crippen MR) is 125 cm³/mol. The van der Waals surface area contributed by atoms with Gasteiger partial charge in [-0.3, -0.25) is 4.98 Å². The van der Waals surface area contributed by atoms with Crippen molar-refractivity contribution in [3.8, 4) is 21.7 Å². The highest BCUT2D eigenvalue weighted by molar-refractivity contribution is 7.22. The third-order valence-corrected chi connectivity index (χ3v) is 6.94. The molecule has 0 unspecified atom stereocenters. The lowest BCUT2D eigenvalue weighted by Gasteiger charge is -2.02. The topological polar surface area (TPSA) is 38.9 Å². The van der Waals surface area contributed by atoms with Crippen LogP contribution in [0.5, 0.6) is 0 Å². The normalized spacial score (nSPS) is 11.7. The molecule has 144 valence electrons. The molecular formula is C26H18N2OS. The van der Waals surface area contributed by atoms with Crippen LogP contribution in [0.25, 0.3) is 53.9 Å². The highest BCUT2D eigenvalue weighted by atomic mass is 32.1. The van der Waals surface area contributed by atoms with Gasteiger partial charge in [0.15, 0.2) is 0 Å². The molecule has 0 aliphatic rings. The monoisotopic (exact) mass is 406 g/mol. The van der Waals surface area contributed by atoms with E-state index in [-0.39, 0.29) is 0 Å². The highest BCUT2D eigenvalue weighted by Crippen LogP contribution is 2.40. The Balaban J connectivity index is 1.56. The molecule has 0 amide bonds. The van der Waals surface area contributed by atoms with Crippen molar-refractivity contribution >= 4 is 43.5 Å². The Kier molecular flexibility index (Phi) is 3.77. The Hall–Kier alpha value is -3.50. The first-order valence-corrected chi connectivity index (χ1v) is 10.7. The summed E-state index contributed by atoms with van der Waals surface area (Å²) in [7, 11) is 0. The number of para-hydroxylation sites is 1. The number of hydrogen-bond donors (Lipinski definition) is 0. The molecule has 0 aliphatic heterocycles. The van der Waals surface area contributed by atoms with E-state index in [1.54, 1.807) is 0 Å². The van der Waals surface area contributed by atoms with Gasteiger partial charge in [0.25, 0.3) is 0 Å². The van der Waals surface area contributed by atoms with E-state index in [9.17, 15) is 0 Å². The minimum absolute atomic E-state index is 0.678. The molecule has 3 nitrogen and oxygen atoms in total. The second-order valence-corrected chi connectivity index (χ2v) is 8.63. The van der Waals surface area contributed by atoms with Gasteiger partial charge < -0.3 is 4.42 Å². The van der Waals surface area contributed by atoms with E-state index in [4.69, 9.17) is 9.40 Å². The zero-order valence-corrected chi connectivity index (χ0v) is 17.5. The van der Waals surface area contributed by atoms with Gasteiger partial charge >= 0.3 is 0 Å². The lowest BCUT2D eigenvalue weighted by molar-refractivity contribution is 0.653. The van der Waals surface area contributed by atoms with Gasteiger partial charge in [-0.1, -0.05) is 42.5 Å². The molecule has 0 radical (unpaired) electrons. The first-order chi connectivity index (χ1) is 14.7. The van der Waals surface area contributed by atoms with Crippen LogP contribution in [-0.2, 0) is 0 Å². The first-order valence-electron chi connectivity index (χ1n) is 9.93. The molecule has 4 heteroatoms. The van der Waals surface area contributed by atoms with Crippen molar-refractivity contribution in [3.63, 3.8) is 0 Å².